The van der Waals surface area contributed by atoms with E-state index < -0.39 is 0 Å². The Morgan fingerprint density at radius 2 is 0.946 bits per heavy atom. The van der Waals surface area contributed by atoms with E-state index in [1.807, 2.05) is 48.7 Å². The third-order valence-corrected chi connectivity index (χ3v) is 11.7. The summed E-state index contributed by atoms with van der Waals surface area (Å²) in [4.78, 5) is 19.2. The normalized spacial score (nSPS) is 13.8. The van der Waals surface area contributed by atoms with Crippen molar-refractivity contribution in [2.24, 2.45) is 0 Å². The molecule has 56 heavy (non-hydrogen) atoms. The fourth-order valence-corrected chi connectivity index (χ4v) is 8.83. The zero-order chi connectivity index (χ0) is 37.5. The van der Waals surface area contributed by atoms with E-state index in [4.69, 9.17) is 15.0 Å². The number of rotatable bonds is 6. The fraction of sp³-hybridized carbons (Fsp3) is 0.118. The first-order chi connectivity index (χ1) is 27.6. The summed E-state index contributed by atoms with van der Waals surface area (Å²) < 4.78 is 0. The fourth-order valence-electron chi connectivity index (χ4n) is 8.83. The Hall–Kier alpha value is -7.03. The molecule has 1 spiro atoms. The van der Waals surface area contributed by atoms with Crippen molar-refractivity contribution < 1.29 is 0 Å². The molecule has 1 saturated carbocycles. The highest BCUT2D eigenvalue weighted by atomic mass is 15.0. The van der Waals surface area contributed by atoms with Crippen LogP contribution >= 0.6 is 0 Å². The van der Waals surface area contributed by atoms with Crippen LogP contribution in [0.1, 0.15) is 48.8 Å². The number of aromatic nitrogens is 4. The number of hydrogen-bond donors (Lipinski definition) is 0. The summed E-state index contributed by atoms with van der Waals surface area (Å²) in [6.45, 7) is 0. The first-order valence-corrected chi connectivity index (χ1v) is 19.4. The largest absolute Gasteiger partial charge is 0.264 e. The summed E-state index contributed by atoms with van der Waals surface area (Å²) >= 11 is 0. The molecule has 5 heteroatoms. The molecule has 8 aromatic rings. The van der Waals surface area contributed by atoms with Crippen LogP contribution in [0, 0.1) is 11.3 Å². The molecule has 2 aliphatic rings. The predicted molar refractivity (Wildman–Crippen MR) is 224 cm³/mol. The Balaban J connectivity index is 0.977. The third kappa shape index (κ3) is 5.97. The second-order valence-electron chi connectivity index (χ2n) is 14.9. The lowest BCUT2D eigenvalue weighted by atomic mass is 9.67. The van der Waals surface area contributed by atoms with Crippen molar-refractivity contribution >= 4 is 0 Å². The number of pyridine rings is 1. The smallest absolute Gasteiger partial charge is 0.164 e. The van der Waals surface area contributed by atoms with E-state index in [0.717, 1.165) is 57.3 Å². The SMILES string of the molecule is N#Cc1ccc2c(c1)C1(CCCCC1)c1cc(-c3ccc(-c4cccc(-c5nc(-c6ccccc6)nc(-c6ccc(-c7cccnc7)cc6)n5)c4)cc3)ccc1-2. The van der Waals surface area contributed by atoms with Gasteiger partial charge in [-0.2, -0.15) is 5.26 Å². The van der Waals surface area contributed by atoms with Gasteiger partial charge >= 0.3 is 0 Å². The molecule has 1 fully saturated rings. The summed E-state index contributed by atoms with van der Waals surface area (Å²) in [5, 5.41) is 9.73. The number of hydrogen-bond acceptors (Lipinski definition) is 5. The second-order valence-corrected chi connectivity index (χ2v) is 14.9. The van der Waals surface area contributed by atoms with E-state index in [-0.39, 0.29) is 5.41 Å². The summed E-state index contributed by atoms with van der Waals surface area (Å²) in [6, 6.07) is 55.4. The van der Waals surface area contributed by atoms with Gasteiger partial charge in [0.2, 0.25) is 0 Å². The van der Waals surface area contributed by atoms with Gasteiger partial charge in [-0.1, -0.05) is 141 Å². The van der Waals surface area contributed by atoms with Crippen molar-refractivity contribution in [2.45, 2.75) is 37.5 Å². The lowest BCUT2D eigenvalue weighted by molar-refractivity contribution is 0.353. The van der Waals surface area contributed by atoms with Crippen molar-refractivity contribution in [2.75, 3.05) is 0 Å². The van der Waals surface area contributed by atoms with Crippen molar-refractivity contribution in [3.05, 3.63) is 181 Å². The highest BCUT2D eigenvalue weighted by Crippen LogP contribution is 2.56. The van der Waals surface area contributed by atoms with Crippen molar-refractivity contribution in [1.82, 2.24) is 19.9 Å². The van der Waals surface area contributed by atoms with Crippen LogP contribution in [0.2, 0.25) is 0 Å². The van der Waals surface area contributed by atoms with Gasteiger partial charge in [0.25, 0.3) is 0 Å². The maximum absolute atomic E-state index is 9.73. The Labute approximate surface area is 327 Å². The molecule has 0 unspecified atom stereocenters. The molecule has 5 nitrogen and oxygen atoms in total. The average molecular weight is 720 g/mol. The van der Waals surface area contributed by atoms with Crippen LogP contribution in [0.25, 0.3) is 78.7 Å². The molecule has 0 bridgehead atoms. The first-order valence-electron chi connectivity index (χ1n) is 19.4. The van der Waals surface area contributed by atoms with E-state index in [0.29, 0.717) is 17.5 Å². The number of fused-ring (bicyclic) bond motifs is 5. The molecule has 0 atom stereocenters. The van der Waals surface area contributed by atoms with Gasteiger partial charge in [-0.25, -0.2) is 15.0 Å². The molecule has 0 radical (unpaired) electrons. The number of benzene rings is 6. The standard InChI is InChI=1S/C51H37N5/c52-32-34-14-24-44-45-25-23-41(31-47(45)51(46(44)29-34)26-5-2-6-27-51)36-17-15-35(16-18-36)40-11-7-12-42(30-40)50-55-48(38-9-3-1-4-10-38)54-49(56-50)39-21-19-37(20-22-39)43-13-8-28-53-33-43/h1,3-4,7-25,28-31,33H,2,5-6,26-27H2. The molecule has 0 saturated heterocycles. The second kappa shape index (κ2) is 14.0. The van der Waals surface area contributed by atoms with Gasteiger partial charge in [0.15, 0.2) is 17.5 Å². The minimum atomic E-state index is -0.00916. The molecule has 6 aromatic carbocycles. The molecule has 2 aliphatic carbocycles. The molecule has 10 rings (SSSR count). The van der Waals surface area contributed by atoms with Crippen LogP contribution in [0.4, 0.5) is 0 Å². The maximum atomic E-state index is 9.73. The quantitative estimate of drug-likeness (QED) is 0.171. The molecular weight excluding hydrogens is 683 g/mol. The molecule has 0 N–H and O–H groups in total. The minimum absolute atomic E-state index is 0.00916. The maximum Gasteiger partial charge on any atom is 0.164 e. The van der Waals surface area contributed by atoms with Gasteiger partial charge in [-0.05, 0) is 98.8 Å². The number of nitriles is 1. The molecule has 0 aliphatic heterocycles. The molecule has 0 amide bonds. The Morgan fingerprint density at radius 1 is 0.429 bits per heavy atom. The van der Waals surface area contributed by atoms with Crippen LogP contribution in [0.5, 0.6) is 0 Å². The Morgan fingerprint density at radius 3 is 1.61 bits per heavy atom. The molecular formula is C51H37N5. The van der Waals surface area contributed by atoms with Crippen molar-refractivity contribution in [3.8, 4) is 84.7 Å². The summed E-state index contributed by atoms with van der Waals surface area (Å²) in [5.74, 6) is 1.88. The van der Waals surface area contributed by atoms with Crippen LogP contribution < -0.4 is 0 Å². The summed E-state index contributed by atoms with van der Waals surface area (Å²) in [5.41, 5.74) is 15.7. The summed E-state index contributed by atoms with van der Waals surface area (Å²) in [7, 11) is 0. The lowest BCUT2D eigenvalue weighted by Crippen LogP contribution is -2.28. The van der Waals surface area contributed by atoms with Crippen molar-refractivity contribution in [1.29, 1.82) is 5.26 Å². The summed E-state index contributed by atoms with van der Waals surface area (Å²) in [6.07, 6.45) is 9.63. The van der Waals surface area contributed by atoms with Gasteiger partial charge < -0.3 is 0 Å². The predicted octanol–water partition coefficient (Wildman–Crippen LogP) is 12.4. The van der Waals surface area contributed by atoms with Gasteiger partial charge in [-0.3, -0.25) is 4.98 Å². The monoisotopic (exact) mass is 719 g/mol. The first kappa shape index (κ1) is 33.5. The Bertz CT molecular complexity index is 2760. The van der Waals surface area contributed by atoms with Gasteiger partial charge in [-0.15, -0.1) is 0 Å². The molecule has 266 valence electrons. The zero-order valence-corrected chi connectivity index (χ0v) is 30.9. The zero-order valence-electron chi connectivity index (χ0n) is 30.9. The Kier molecular flexibility index (Phi) is 8.38. The lowest BCUT2D eigenvalue weighted by Gasteiger charge is -2.36. The van der Waals surface area contributed by atoms with Gasteiger partial charge in [0, 0.05) is 34.5 Å². The average Bonchev–Trinajstić information content (AvgIpc) is 3.54. The van der Waals surface area contributed by atoms with E-state index in [1.165, 1.54) is 52.6 Å². The van der Waals surface area contributed by atoms with E-state index in [2.05, 4.69) is 120 Å². The third-order valence-electron chi connectivity index (χ3n) is 11.7. The van der Waals surface area contributed by atoms with Gasteiger partial charge in [0.05, 0.1) is 11.6 Å². The highest BCUT2D eigenvalue weighted by Gasteiger charge is 2.44. The highest BCUT2D eigenvalue weighted by molar-refractivity contribution is 5.85. The van der Waals surface area contributed by atoms with Crippen molar-refractivity contribution in [3.63, 3.8) is 0 Å². The van der Waals surface area contributed by atoms with E-state index in [1.54, 1.807) is 6.20 Å². The van der Waals surface area contributed by atoms with Crippen LogP contribution in [-0.4, -0.2) is 19.9 Å². The minimum Gasteiger partial charge on any atom is -0.264 e. The van der Waals surface area contributed by atoms with Crippen LogP contribution in [0.3, 0.4) is 0 Å². The number of nitrogens with zero attached hydrogens (tertiary/aromatic N) is 5. The van der Waals surface area contributed by atoms with Gasteiger partial charge in [0.1, 0.15) is 0 Å². The molecule has 2 heterocycles. The van der Waals surface area contributed by atoms with Crippen LogP contribution in [-0.2, 0) is 5.41 Å². The van der Waals surface area contributed by atoms with E-state index >= 15 is 0 Å². The topological polar surface area (TPSA) is 75.3 Å². The van der Waals surface area contributed by atoms with E-state index in [9.17, 15) is 5.26 Å². The van der Waals surface area contributed by atoms with Crippen LogP contribution in [0.15, 0.2) is 164 Å². The molecule has 2 aromatic heterocycles.